The van der Waals surface area contributed by atoms with Gasteiger partial charge in [0.05, 0.1) is 13.2 Å². The van der Waals surface area contributed by atoms with Gasteiger partial charge in [0, 0.05) is 18.4 Å². The SMILES string of the molecule is CCOC(=O)C(Cc1cccc(OCCBr)c1)OCC. The van der Waals surface area contributed by atoms with Gasteiger partial charge in [-0.05, 0) is 31.5 Å². The fraction of sp³-hybridized carbons (Fsp3) is 0.533. The average molecular weight is 345 g/mol. The standard InChI is InChI=1S/C15H21BrO4/c1-3-18-14(15(17)19-4-2)11-12-6-5-7-13(10-12)20-9-8-16/h5-7,10,14H,3-4,8-9,11H2,1-2H3. The highest BCUT2D eigenvalue weighted by Gasteiger charge is 2.20. The highest BCUT2D eigenvalue weighted by atomic mass is 79.9. The van der Waals surface area contributed by atoms with Crippen LogP contribution in [0.25, 0.3) is 0 Å². The summed E-state index contributed by atoms with van der Waals surface area (Å²) in [6.45, 7) is 5.09. The van der Waals surface area contributed by atoms with Gasteiger partial charge in [0.15, 0.2) is 6.10 Å². The van der Waals surface area contributed by atoms with Crippen LogP contribution in [0.5, 0.6) is 5.75 Å². The number of esters is 1. The molecular formula is C15H21BrO4. The lowest BCUT2D eigenvalue weighted by Crippen LogP contribution is -2.29. The summed E-state index contributed by atoms with van der Waals surface area (Å²) in [7, 11) is 0. The minimum absolute atomic E-state index is 0.318. The Kier molecular flexibility index (Phi) is 8.30. The van der Waals surface area contributed by atoms with Crippen LogP contribution >= 0.6 is 15.9 Å². The van der Waals surface area contributed by atoms with Crippen molar-refractivity contribution >= 4 is 21.9 Å². The second kappa shape index (κ2) is 9.77. The van der Waals surface area contributed by atoms with Gasteiger partial charge in [-0.1, -0.05) is 28.1 Å². The Balaban J connectivity index is 2.69. The molecule has 1 unspecified atom stereocenters. The molecule has 4 nitrogen and oxygen atoms in total. The molecule has 0 saturated heterocycles. The molecule has 0 fully saturated rings. The third-order valence-electron chi connectivity index (χ3n) is 2.58. The van der Waals surface area contributed by atoms with Gasteiger partial charge in [0.1, 0.15) is 5.75 Å². The predicted molar refractivity (Wildman–Crippen MR) is 81.5 cm³/mol. The Hall–Kier alpha value is -1.07. The summed E-state index contributed by atoms with van der Waals surface area (Å²) in [6.07, 6.45) is -0.0792. The van der Waals surface area contributed by atoms with E-state index in [9.17, 15) is 4.79 Å². The summed E-state index contributed by atoms with van der Waals surface area (Å²) in [5, 5.41) is 0.779. The van der Waals surface area contributed by atoms with Gasteiger partial charge in [-0.3, -0.25) is 0 Å². The fourth-order valence-electron chi connectivity index (χ4n) is 1.78. The molecule has 0 heterocycles. The zero-order valence-electron chi connectivity index (χ0n) is 11.9. The van der Waals surface area contributed by atoms with Crippen LogP contribution in [-0.4, -0.2) is 37.2 Å². The van der Waals surface area contributed by atoms with Crippen LogP contribution in [0, 0.1) is 0 Å². The smallest absolute Gasteiger partial charge is 0.335 e. The van der Waals surface area contributed by atoms with Crippen LogP contribution in [0.3, 0.4) is 0 Å². The Morgan fingerprint density at radius 2 is 2.10 bits per heavy atom. The molecule has 1 atom stereocenters. The second-order valence-electron chi connectivity index (χ2n) is 4.09. The minimum Gasteiger partial charge on any atom is -0.493 e. The van der Waals surface area contributed by atoms with Crippen LogP contribution in [-0.2, 0) is 20.7 Å². The maximum atomic E-state index is 11.8. The number of halogens is 1. The summed E-state index contributed by atoms with van der Waals surface area (Å²) in [5.41, 5.74) is 0.989. The number of benzene rings is 1. The summed E-state index contributed by atoms with van der Waals surface area (Å²) in [4.78, 5) is 11.8. The molecule has 1 aromatic carbocycles. The van der Waals surface area contributed by atoms with Crippen molar-refractivity contribution in [1.82, 2.24) is 0 Å². The lowest BCUT2D eigenvalue weighted by atomic mass is 10.1. The van der Waals surface area contributed by atoms with E-state index < -0.39 is 6.10 Å². The summed E-state index contributed by atoms with van der Waals surface area (Å²) >= 11 is 3.32. The van der Waals surface area contributed by atoms with Crippen LogP contribution < -0.4 is 4.74 Å². The second-order valence-corrected chi connectivity index (χ2v) is 4.88. The Morgan fingerprint density at radius 1 is 1.30 bits per heavy atom. The molecule has 0 aliphatic carbocycles. The van der Waals surface area contributed by atoms with Gasteiger partial charge in [0.25, 0.3) is 0 Å². The first-order valence-electron chi connectivity index (χ1n) is 6.77. The summed E-state index contributed by atoms with van der Waals surface area (Å²) < 4.78 is 16.0. The van der Waals surface area contributed by atoms with E-state index in [1.165, 1.54) is 0 Å². The highest BCUT2D eigenvalue weighted by Crippen LogP contribution is 2.16. The molecule has 0 radical (unpaired) electrons. The van der Waals surface area contributed by atoms with E-state index >= 15 is 0 Å². The first-order chi connectivity index (χ1) is 9.71. The Morgan fingerprint density at radius 3 is 2.75 bits per heavy atom. The van der Waals surface area contributed by atoms with E-state index in [1.54, 1.807) is 6.92 Å². The number of alkyl halides is 1. The first-order valence-corrected chi connectivity index (χ1v) is 7.89. The lowest BCUT2D eigenvalue weighted by molar-refractivity contribution is -0.156. The lowest BCUT2D eigenvalue weighted by Gasteiger charge is -2.16. The molecule has 0 bridgehead atoms. The van der Waals surface area contributed by atoms with Gasteiger partial charge < -0.3 is 14.2 Å². The van der Waals surface area contributed by atoms with Crippen molar-refractivity contribution in [2.75, 3.05) is 25.2 Å². The molecule has 1 aromatic rings. The van der Waals surface area contributed by atoms with Crippen LogP contribution in [0.1, 0.15) is 19.4 Å². The zero-order valence-corrected chi connectivity index (χ0v) is 13.5. The Bertz CT molecular complexity index is 409. The number of hydrogen-bond acceptors (Lipinski definition) is 4. The van der Waals surface area contributed by atoms with Crippen molar-refractivity contribution in [1.29, 1.82) is 0 Å². The molecule has 0 aliphatic rings. The van der Waals surface area contributed by atoms with Gasteiger partial charge in [-0.2, -0.15) is 0 Å². The quantitative estimate of drug-likeness (QED) is 0.510. The molecule has 0 spiro atoms. The topological polar surface area (TPSA) is 44.8 Å². The monoisotopic (exact) mass is 344 g/mol. The molecule has 5 heteroatoms. The minimum atomic E-state index is -0.564. The maximum Gasteiger partial charge on any atom is 0.335 e. The van der Waals surface area contributed by atoms with Crippen LogP contribution in [0.15, 0.2) is 24.3 Å². The van der Waals surface area contributed by atoms with Crippen molar-refractivity contribution in [3.05, 3.63) is 29.8 Å². The zero-order chi connectivity index (χ0) is 14.8. The Labute approximate surface area is 128 Å². The van der Waals surface area contributed by atoms with Gasteiger partial charge in [-0.15, -0.1) is 0 Å². The third kappa shape index (κ3) is 5.92. The highest BCUT2D eigenvalue weighted by molar-refractivity contribution is 9.09. The van der Waals surface area contributed by atoms with Crippen molar-refractivity contribution in [2.24, 2.45) is 0 Å². The van der Waals surface area contributed by atoms with Gasteiger partial charge in [-0.25, -0.2) is 4.79 Å². The fourth-order valence-corrected chi connectivity index (χ4v) is 1.94. The predicted octanol–water partition coefficient (Wildman–Crippen LogP) is 2.97. The van der Waals surface area contributed by atoms with E-state index in [2.05, 4.69) is 15.9 Å². The molecular weight excluding hydrogens is 324 g/mol. The molecule has 20 heavy (non-hydrogen) atoms. The number of ether oxygens (including phenoxy) is 3. The average Bonchev–Trinajstić information content (AvgIpc) is 2.45. The number of carbonyl (C=O) groups is 1. The van der Waals surface area contributed by atoms with Crippen molar-refractivity contribution in [3.63, 3.8) is 0 Å². The van der Waals surface area contributed by atoms with E-state index in [-0.39, 0.29) is 5.97 Å². The molecule has 0 saturated carbocycles. The van der Waals surface area contributed by atoms with Crippen LogP contribution in [0.4, 0.5) is 0 Å². The van der Waals surface area contributed by atoms with Crippen molar-refractivity contribution in [2.45, 2.75) is 26.4 Å². The van der Waals surface area contributed by atoms with E-state index in [4.69, 9.17) is 14.2 Å². The van der Waals surface area contributed by atoms with Crippen LogP contribution in [0.2, 0.25) is 0 Å². The summed E-state index contributed by atoms with van der Waals surface area (Å²) in [5.74, 6) is 0.474. The van der Waals surface area contributed by atoms with Gasteiger partial charge >= 0.3 is 5.97 Å². The van der Waals surface area contributed by atoms with E-state index in [0.717, 1.165) is 16.6 Å². The molecule has 112 valence electrons. The third-order valence-corrected chi connectivity index (χ3v) is 2.91. The molecule has 0 amide bonds. The van der Waals surface area contributed by atoms with E-state index in [1.807, 2.05) is 31.2 Å². The normalized spacial score (nSPS) is 11.9. The largest absolute Gasteiger partial charge is 0.493 e. The molecule has 0 N–H and O–H groups in total. The molecule has 1 rings (SSSR count). The number of carbonyl (C=O) groups excluding carboxylic acids is 1. The molecule has 0 aliphatic heterocycles. The summed E-state index contributed by atoms with van der Waals surface area (Å²) in [6, 6.07) is 7.68. The number of hydrogen-bond donors (Lipinski definition) is 0. The van der Waals surface area contributed by atoms with Crippen molar-refractivity contribution < 1.29 is 19.0 Å². The maximum absolute atomic E-state index is 11.8. The first kappa shape index (κ1) is 17.0. The van der Waals surface area contributed by atoms with Crippen molar-refractivity contribution in [3.8, 4) is 5.75 Å². The molecule has 0 aromatic heterocycles. The van der Waals surface area contributed by atoms with E-state index in [0.29, 0.717) is 26.2 Å². The number of rotatable bonds is 9. The van der Waals surface area contributed by atoms with Gasteiger partial charge in [0.2, 0.25) is 0 Å².